The number of aromatic nitrogens is 2. The molecule has 0 radical (unpaired) electrons. The number of amides is 1. The van der Waals surface area contributed by atoms with Gasteiger partial charge in [0.1, 0.15) is 5.69 Å². The van der Waals surface area contributed by atoms with Crippen LogP contribution in [0.2, 0.25) is 0 Å². The molecule has 0 fully saturated rings. The van der Waals surface area contributed by atoms with Gasteiger partial charge in [-0.25, -0.2) is 0 Å². The van der Waals surface area contributed by atoms with Gasteiger partial charge in [0.05, 0.1) is 6.04 Å². The van der Waals surface area contributed by atoms with Crippen molar-refractivity contribution in [2.24, 2.45) is 12.8 Å². The molecule has 1 aromatic heterocycles. The van der Waals surface area contributed by atoms with Crippen LogP contribution < -0.4 is 11.1 Å². The number of nitrogens with one attached hydrogen (secondary N) is 1. The Hall–Kier alpha value is -2.14. The number of carbonyl (C=O) groups is 1. The normalized spacial score (nSPS) is 12.1. The lowest BCUT2D eigenvalue weighted by atomic mass is 10.1. The van der Waals surface area contributed by atoms with Crippen LogP contribution in [-0.2, 0) is 7.05 Å². The Bertz CT molecular complexity index is 521. The van der Waals surface area contributed by atoms with Crippen molar-refractivity contribution < 1.29 is 4.79 Å². The molecule has 0 aliphatic heterocycles. The third-order valence-electron chi connectivity index (χ3n) is 2.80. The molecule has 1 unspecified atom stereocenters. The van der Waals surface area contributed by atoms with Crippen molar-refractivity contribution in [1.82, 2.24) is 15.1 Å². The van der Waals surface area contributed by atoms with E-state index in [1.165, 1.54) is 4.68 Å². The fourth-order valence-electron chi connectivity index (χ4n) is 1.79. The van der Waals surface area contributed by atoms with Crippen LogP contribution in [-0.4, -0.2) is 22.2 Å². The van der Waals surface area contributed by atoms with Gasteiger partial charge in [-0.3, -0.25) is 9.48 Å². The van der Waals surface area contributed by atoms with Crippen LogP contribution >= 0.6 is 0 Å². The van der Waals surface area contributed by atoms with Gasteiger partial charge >= 0.3 is 0 Å². The first-order valence-corrected chi connectivity index (χ1v) is 5.76. The van der Waals surface area contributed by atoms with Gasteiger partial charge in [-0.05, 0) is 11.6 Å². The van der Waals surface area contributed by atoms with Crippen molar-refractivity contribution in [2.75, 3.05) is 6.54 Å². The molecule has 0 saturated carbocycles. The molecule has 1 heterocycles. The van der Waals surface area contributed by atoms with E-state index in [-0.39, 0.29) is 11.9 Å². The molecule has 3 N–H and O–H groups in total. The summed E-state index contributed by atoms with van der Waals surface area (Å²) in [7, 11) is 1.73. The smallest absolute Gasteiger partial charge is 0.270 e. The zero-order chi connectivity index (χ0) is 13.0. The summed E-state index contributed by atoms with van der Waals surface area (Å²) in [6.45, 7) is 0.355. The summed E-state index contributed by atoms with van der Waals surface area (Å²) in [5.41, 5.74) is 7.22. The average molecular weight is 244 g/mol. The van der Waals surface area contributed by atoms with Gasteiger partial charge in [0.2, 0.25) is 0 Å². The van der Waals surface area contributed by atoms with E-state index in [9.17, 15) is 4.79 Å². The van der Waals surface area contributed by atoms with Crippen LogP contribution in [0.25, 0.3) is 0 Å². The van der Waals surface area contributed by atoms with E-state index in [1.54, 1.807) is 19.3 Å². The number of hydrogen-bond acceptors (Lipinski definition) is 3. The van der Waals surface area contributed by atoms with E-state index < -0.39 is 0 Å². The standard InChI is InChI=1S/C13H16N4O/c1-17-12(7-8-15-17)13(18)16-11(9-14)10-5-3-2-4-6-10/h2-8,11H,9,14H2,1H3,(H,16,18). The number of benzene rings is 1. The zero-order valence-electron chi connectivity index (χ0n) is 10.2. The highest BCUT2D eigenvalue weighted by molar-refractivity contribution is 5.92. The summed E-state index contributed by atoms with van der Waals surface area (Å²) in [5, 5.41) is 6.87. The minimum atomic E-state index is -0.186. The molecular weight excluding hydrogens is 228 g/mol. The Balaban J connectivity index is 2.13. The fourth-order valence-corrected chi connectivity index (χ4v) is 1.79. The molecule has 0 aliphatic rings. The maximum absolute atomic E-state index is 12.0. The minimum Gasteiger partial charge on any atom is -0.343 e. The van der Waals surface area contributed by atoms with Crippen molar-refractivity contribution in [3.8, 4) is 0 Å². The Kier molecular flexibility index (Phi) is 3.74. The Morgan fingerprint density at radius 1 is 1.39 bits per heavy atom. The Labute approximate surface area is 106 Å². The largest absolute Gasteiger partial charge is 0.343 e. The third kappa shape index (κ3) is 2.57. The van der Waals surface area contributed by atoms with Crippen LogP contribution in [0.15, 0.2) is 42.6 Å². The highest BCUT2D eigenvalue weighted by Crippen LogP contribution is 2.11. The van der Waals surface area contributed by atoms with E-state index in [2.05, 4.69) is 10.4 Å². The second-order valence-corrected chi connectivity index (χ2v) is 4.01. The van der Waals surface area contributed by atoms with E-state index in [4.69, 9.17) is 5.73 Å². The van der Waals surface area contributed by atoms with Crippen molar-refractivity contribution in [1.29, 1.82) is 0 Å². The monoisotopic (exact) mass is 244 g/mol. The molecule has 0 saturated heterocycles. The van der Waals surface area contributed by atoms with Crippen molar-refractivity contribution in [3.05, 3.63) is 53.9 Å². The first kappa shape index (κ1) is 12.3. The summed E-state index contributed by atoms with van der Waals surface area (Å²) < 4.78 is 1.54. The SMILES string of the molecule is Cn1nccc1C(=O)NC(CN)c1ccccc1. The molecule has 1 aromatic carbocycles. The zero-order valence-corrected chi connectivity index (χ0v) is 10.2. The van der Waals surface area contributed by atoms with Gasteiger partial charge < -0.3 is 11.1 Å². The molecule has 5 nitrogen and oxygen atoms in total. The molecule has 94 valence electrons. The molecule has 0 spiro atoms. The van der Waals surface area contributed by atoms with Gasteiger partial charge in [-0.1, -0.05) is 30.3 Å². The summed E-state index contributed by atoms with van der Waals surface area (Å²) >= 11 is 0. The fraction of sp³-hybridized carbons (Fsp3) is 0.231. The molecule has 1 atom stereocenters. The topological polar surface area (TPSA) is 72.9 Å². The quantitative estimate of drug-likeness (QED) is 0.837. The van der Waals surface area contributed by atoms with Crippen LogP contribution in [0.1, 0.15) is 22.1 Å². The van der Waals surface area contributed by atoms with Crippen LogP contribution in [0, 0.1) is 0 Å². The Morgan fingerprint density at radius 3 is 2.67 bits per heavy atom. The van der Waals surface area contributed by atoms with E-state index in [0.29, 0.717) is 12.2 Å². The van der Waals surface area contributed by atoms with Gasteiger partial charge in [0.15, 0.2) is 0 Å². The molecule has 0 aliphatic carbocycles. The van der Waals surface area contributed by atoms with Gasteiger partial charge in [0, 0.05) is 19.8 Å². The predicted molar refractivity (Wildman–Crippen MR) is 68.9 cm³/mol. The number of aryl methyl sites for hydroxylation is 1. The molecule has 18 heavy (non-hydrogen) atoms. The summed E-state index contributed by atoms with van der Waals surface area (Å²) in [6.07, 6.45) is 1.59. The van der Waals surface area contributed by atoms with Gasteiger partial charge in [0.25, 0.3) is 5.91 Å². The van der Waals surface area contributed by atoms with Crippen LogP contribution in [0.4, 0.5) is 0 Å². The van der Waals surface area contributed by atoms with E-state index in [1.807, 2.05) is 30.3 Å². The second kappa shape index (κ2) is 5.46. The lowest BCUT2D eigenvalue weighted by molar-refractivity contribution is 0.0928. The minimum absolute atomic E-state index is 0.172. The highest BCUT2D eigenvalue weighted by Gasteiger charge is 2.16. The number of nitrogens with zero attached hydrogens (tertiary/aromatic N) is 2. The van der Waals surface area contributed by atoms with E-state index >= 15 is 0 Å². The maximum Gasteiger partial charge on any atom is 0.270 e. The molecule has 1 amide bonds. The lowest BCUT2D eigenvalue weighted by Gasteiger charge is -2.17. The van der Waals surface area contributed by atoms with Crippen molar-refractivity contribution in [2.45, 2.75) is 6.04 Å². The van der Waals surface area contributed by atoms with E-state index in [0.717, 1.165) is 5.56 Å². The van der Waals surface area contributed by atoms with Crippen LogP contribution in [0.3, 0.4) is 0 Å². The average Bonchev–Trinajstić information content (AvgIpc) is 2.83. The Morgan fingerprint density at radius 2 is 2.11 bits per heavy atom. The molecular formula is C13H16N4O. The molecule has 2 rings (SSSR count). The summed E-state index contributed by atoms with van der Waals surface area (Å²) in [5.74, 6) is -0.172. The first-order chi connectivity index (χ1) is 8.72. The van der Waals surface area contributed by atoms with Crippen molar-refractivity contribution >= 4 is 5.91 Å². The molecule has 0 bridgehead atoms. The summed E-state index contributed by atoms with van der Waals surface area (Å²) in [4.78, 5) is 12.0. The molecule has 5 heteroatoms. The number of rotatable bonds is 4. The predicted octanol–water partition coefficient (Wildman–Crippen LogP) is 0.850. The summed E-state index contributed by atoms with van der Waals surface area (Å²) in [6, 6.07) is 11.2. The van der Waals surface area contributed by atoms with Gasteiger partial charge in [-0.15, -0.1) is 0 Å². The number of carbonyl (C=O) groups excluding carboxylic acids is 1. The number of nitrogens with two attached hydrogens (primary N) is 1. The van der Waals surface area contributed by atoms with Crippen LogP contribution in [0.5, 0.6) is 0 Å². The highest BCUT2D eigenvalue weighted by atomic mass is 16.2. The number of hydrogen-bond donors (Lipinski definition) is 2. The molecule has 2 aromatic rings. The third-order valence-corrected chi connectivity index (χ3v) is 2.80. The lowest BCUT2D eigenvalue weighted by Crippen LogP contribution is -2.34. The first-order valence-electron chi connectivity index (χ1n) is 5.76. The maximum atomic E-state index is 12.0. The van der Waals surface area contributed by atoms with Gasteiger partial charge in [-0.2, -0.15) is 5.10 Å². The van der Waals surface area contributed by atoms with Crippen molar-refractivity contribution in [3.63, 3.8) is 0 Å². The second-order valence-electron chi connectivity index (χ2n) is 4.01.